The number of hydrogen-bond acceptors (Lipinski definition) is 1. The molecule has 1 aromatic rings. The molecule has 1 atom stereocenters. The van der Waals surface area contributed by atoms with Gasteiger partial charge in [0.15, 0.2) is 0 Å². The van der Waals surface area contributed by atoms with Gasteiger partial charge < -0.3 is 5.32 Å². The maximum Gasteiger partial charge on any atom is 0.126 e. The summed E-state index contributed by atoms with van der Waals surface area (Å²) in [6, 6.07) is 6.01. The Morgan fingerprint density at radius 2 is 2.00 bits per heavy atom. The monoisotopic (exact) mass is 263 g/mol. The third-order valence-electron chi connectivity index (χ3n) is 4.57. The average molecular weight is 263 g/mol. The van der Waals surface area contributed by atoms with Gasteiger partial charge in [-0.2, -0.15) is 0 Å². The fourth-order valence-electron chi connectivity index (χ4n) is 3.32. The normalized spacial score (nSPS) is 19.6. The van der Waals surface area contributed by atoms with E-state index in [1.165, 1.54) is 25.7 Å². The largest absolute Gasteiger partial charge is 0.309 e. The smallest absolute Gasteiger partial charge is 0.126 e. The average Bonchev–Trinajstić information content (AvgIpc) is 2.82. The summed E-state index contributed by atoms with van der Waals surface area (Å²) in [5, 5.41) is 3.65. The molecule has 1 unspecified atom stereocenters. The first-order chi connectivity index (χ1) is 9.07. The van der Waals surface area contributed by atoms with Crippen LogP contribution in [0.4, 0.5) is 4.39 Å². The van der Waals surface area contributed by atoms with Crippen LogP contribution >= 0.6 is 0 Å². The van der Waals surface area contributed by atoms with E-state index in [0.29, 0.717) is 0 Å². The van der Waals surface area contributed by atoms with Crippen molar-refractivity contribution >= 4 is 0 Å². The molecule has 19 heavy (non-hydrogen) atoms. The molecule has 0 radical (unpaired) electrons. The maximum absolute atomic E-state index is 13.8. The first kappa shape index (κ1) is 14.5. The van der Waals surface area contributed by atoms with Crippen molar-refractivity contribution in [3.63, 3.8) is 0 Å². The molecule has 1 aliphatic carbocycles. The second-order valence-corrected chi connectivity index (χ2v) is 6.26. The Hall–Kier alpha value is -0.890. The van der Waals surface area contributed by atoms with Crippen LogP contribution in [0.15, 0.2) is 18.2 Å². The minimum atomic E-state index is -0.0811. The molecule has 0 amide bonds. The van der Waals surface area contributed by atoms with Gasteiger partial charge in [-0.3, -0.25) is 0 Å². The van der Waals surface area contributed by atoms with Crippen molar-refractivity contribution in [1.82, 2.24) is 5.32 Å². The van der Waals surface area contributed by atoms with Crippen molar-refractivity contribution in [3.8, 4) is 0 Å². The fourth-order valence-corrected chi connectivity index (χ4v) is 3.32. The Morgan fingerprint density at radius 3 is 2.58 bits per heavy atom. The van der Waals surface area contributed by atoms with Gasteiger partial charge in [0.05, 0.1) is 0 Å². The van der Waals surface area contributed by atoms with Crippen LogP contribution in [0.5, 0.6) is 0 Å². The van der Waals surface area contributed by atoms with E-state index in [4.69, 9.17) is 0 Å². The molecule has 0 aromatic heterocycles. The minimum absolute atomic E-state index is 0.0811. The van der Waals surface area contributed by atoms with E-state index in [2.05, 4.69) is 25.2 Å². The number of aryl methyl sites for hydroxylation is 1. The molecular formula is C17H26FN. The summed E-state index contributed by atoms with van der Waals surface area (Å²) in [5.41, 5.74) is 2.12. The van der Waals surface area contributed by atoms with E-state index < -0.39 is 0 Å². The Labute approximate surface area is 116 Å². The van der Waals surface area contributed by atoms with E-state index in [1.54, 1.807) is 6.07 Å². The Morgan fingerprint density at radius 1 is 1.32 bits per heavy atom. The van der Waals surface area contributed by atoms with Gasteiger partial charge in [-0.15, -0.1) is 0 Å². The summed E-state index contributed by atoms with van der Waals surface area (Å²) in [5.74, 6) is -0.0811. The van der Waals surface area contributed by atoms with Crippen molar-refractivity contribution in [2.45, 2.75) is 58.9 Å². The van der Waals surface area contributed by atoms with Crippen LogP contribution in [-0.4, -0.2) is 6.54 Å². The van der Waals surface area contributed by atoms with Crippen LogP contribution in [-0.2, 0) is 0 Å². The Balaban J connectivity index is 2.28. The first-order valence-electron chi connectivity index (χ1n) is 7.56. The molecular weight excluding hydrogens is 237 g/mol. The van der Waals surface area contributed by atoms with Gasteiger partial charge in [-0.1, -0.05) is 38.8 Å². The van der Waals surface area contributed by atoms with E-state index in [1.807, 2.05) is 13.0 Å². The highest BCUT2D eigenvalue weighted by Crippen LogP contribution is 2.47. The van der Waals surface area contributed by atoms with Gasteiger partial charge in [-0.05, 0) is 55.3 Å². The molecule has 1 aliphatic rings. The second-order valence-electron chi connectivity index (χ2n) is 6.26. The molecule has 0 bridgehead atoms. The SMILES string of the molecule is CCCNC(c1ccc(C)c(F)c1)C1(C)CCCC1. The van der Waals surface area contributed by atoms with Gasteiger partial charge >= 0.3 is 0 Å². The van der Waals surface area contributed by atoms with Gasteiger partial charge in [0.2, 0.25) is 0 Å². The predicted octanol–water partition coefficient (Wildman–Crippen LogP) is 4.76. The standard InChI is InChI=1S/C17H26FN/c1-4-11-19-16(17(3)9-5-6-10-17)14-8-7-13(2)15(18)12-14/h7-8,12,16,19H,4-6,9-11H2,1-3H3. The quantitative estimate of drug-likeness (QED) is 0.808. The number of hydrogen-bond donors (Lipinski definition) is 1. The number of halogens is 1. The Kier molecular flexibility index (Phi) is 4.62. The lowest BCUT2D eigenvalue weighted by Gasteiger charge is -2.35. The summed E-state index contributed by atoms with van der Waals surface area (Å²) in [4.78, 5) is 0. The topological polar surface area (TPSA) is 12.0 Å². The van der Waals surface area contributed by atoms with Crippen LogP contribution in [0.3, 0.4) is 0 Å². The van der Waals surface area contributed by atoms with E-state index >= 15 is 0 Å². The zero-order valence-electron chi connectivity index (χ0n) is 12.4. The molecule has 1 nitrogen and oxygen atoms in total. The molecule has 2 heteroatoms. The third-order valence-corrected chi connectivity index (χ3v) is 4.57. The van der Waals surface area contributed by atoms with Crippen molar-refractivity contribution in [2.24, 2.45) is 5.41 Å². The summed E-state index contributed by atoms with van der Waals surface area (Å²) >= 11 is 0. The lowest BCUT2D eigenvalue weighted by Crippen LogP contribution is -2.35. The van der Waals surface area contributed by atoms with Crippen LogP contribution in [0, 0.1) is 18.2 Å². The van der Waals surface area contributed by atoms with Gasteiger partial charge in [0.25, 0.3) is 0 Å². The molecule has 1 N–H and O–H groups in total. The zero-order valence-corrected chi connectivity index (χ0v) is 12.4. The van der Waals surface area contributed by atoms with Crippen LogP contribution in [0.25, 0.3) is 0 Å². The number of nitrogens with one attached hydrogen (secondary N) is 1. The minimum Gasteiger partial charge on any atom is -0.309 e. The summed E-state index contributed by atoms with van der Waals surface area (Å²) < 4.78 is 13.8. The fraction of sp³-hybridized carbons (Fsp3) is 0.647. The molecule has 106 valence electrons. The molecule has 2 rings (SSSR count). The molecule has 0 spiro atoms. The van der Waals surface area contributed by atoms with E-state index in [9.17, 15) is 4.39 Å². The Bertz CT molecular complexity index is 421. The third kappa shape index (κ3) is 3.17. The van der Waals surface area contributed by atoms with E-state index in [0.717, 1.165) is 24.1 Å². The van der Waals surface area contributed by atoms with Gasteiger partial charge in [0, 0.05) is 6.04 Å². The number of benzene rings is 1. The number of rotatable bonds is 5. The van der Waals surface area contributed by atoms with Crippen LogP contribution in [0.1, 0.15) is 63.1 Å². The predicted molar refractivity (Wildman–Crippen MR) is 78.7 cm³/mol. The molecule has 1 fully saturated rings. The summed E-state index contributed by atoms with van der Waals surface area (Å²) in [6.45, 7) is 7.35. The van der Waals surface area contributed by atoms with Crippen molar-refractivity contribution in [1.29, 1.82) is 0 Å². The van der Waals surface area contributed by atoms with Gasteiger partial charge in [-0.25, -0.2) is 4.39 Å². The molecule has 1 saturated carbocycles. The second kappa shape index (κ2) is 6.04. The molecule has 0 heterocycles. The molecule has 0 aliphatic heterocycles. The lowest BCUT2D eigenvalue weighted by molar-refractivity contribution is 0.223. The summed E-state index contributed by atoms with van der Waals surface area (Å²) in [6.07, 6.45) is 6.19. The van der Waals surface area contributed by atoms with Gasteiger partial charge in [0.1, 0.15) is 5.82 Å². The summed E-state index contributed by atoms with van der Waals surface area (Å²) in [7, 11) is 0. The zero-order chi connectivity index (χ0) is 13.9. The highest BCUT2D eigenvalue weighted by molar-refractivity contribution is 5.27. The first-order valence-corrected chi connectivity index (χ1v) is 7.56. The lowest BCUT2D eigenvalue weighted by atomic mass is 9.77. The van der Waals surface area contributed by atoms with Crippen molar-refractivity contribution in [3.05, 3.63) is 35.1 Å². The van der Waals surface area contributed by atoms with E-state index in [-0.39, 0.29) is 17.3 Å². The highest BCUT2D eigenvalue weighted by Gasteiger charge is 2.37. The maximum atomic E-state index is 13.8. The van der Waals surface area contributed by atoms with Crippen molar-refractivity contribution < 1.29 is 4.39 Å². The highest BCUT2D eigenvalue weighted by atomic mass is 19.1. The molecule has 0 saturated heterocycles. The van der Waals surface area contributed by atoms with Crippen LogP contribution < -0.4 is 5.32 Å². The van der Waals surface area contributed by atoms with Crippen molar-refractivity contribution in [2.75, 3.05) is 6.54 Å². The van der Waals surface area contributed by atoms with Crippen LogP contribution in [0.2, 0.25) is 0 Å². The molecule has 1 aromatic carbocycles.